The number of anilines is 1. The van der Waals surface area contributed by atoms with Gasteiger partial charge in [-0.3, -0.25) is 4.79 Å². The highest BCUT2D eigenvalue weighted by Crippen LogP contribution is 2.34. The van der Waals surface area contributed by atoms with Crippen molar-refractivity contribution in [2.45, 2.75) is 32.0 Å². The Morgan fingerprint density at radius 3 is 2.56 bits per heavy atom. The van der Waals surface area contributed by atoms with Crippen molar-refractivity contribution in [1.82, 2.24) is 9.88 Å². The van der Waals surface area contributed by atoms with Gasteiger partial charge < -0.3 is 15.5 Å². The number of halogens is 4. The molecule has 0 radical (unpaired) electrons. The van der Waals surface area contributed by atoms with Gasteiger partial charge in [-0.15, -0.1) is 0 Å². The topological polar surface area (TPSA) is 62.5 Å². The Kier molecular flexibility index (Phi) is 6.16. The van der Waals surface area contributed by atoms with E-state index < -0.39 is 11.7 Å². The number of piperidine rings is 1. The molecule has 1 fully saturated rings. The number of hydrogen-bond donors (Lipinski definition) is 1. The van der Waals surface area contributed by atoms with Crippen LogP contribution in [0.1, 0.15) is 25.3 Å². The summed E-state index contributed by atoms with van der Waals surface area (Å²) in [6, 6.07) is 0.856. The van der Waals surface area contributed by atoms with E-state index in [1.807, 2.05) is 11.8 Å². The van der Waals surface area contributed by atoms with Crippen molar-refractivity contribution in [3.8, 4) is 0 Å². The van der Waals surface area contributed by atoms with Crippen LogP contribution in [0.3, 0.4) is 0 Å². The van der Waals surface area contributed by atoms with Gasteiger partial charge in [0.2, 0.25) is 5.91 Å². The minimum Gasteiger partial charge on any atom is -0.355 e. The van der Waals surface area contributed by atoms with Crippen LogP contribution in [0.5, 0.6) is 0 Å². The van der Waals surface area contributed by atoms with Gasteiger partial charge in [0.15, 0.2) is 0 Å². The molecule has 1 unspecified atom stereocenters. The second-order valence-corrected chi connectivity index (χ2v) is 6.73. The van der Waals surface area contributed by atoms with Crippen LogP contribution in [0.25, 0.3) is 0 Å². The van der Waals surface area contributed by atoms with E-state index in [4.69, 9.17) is 17.3 Å². The number of pyridine rings is 1. The van der Waals surface area contributed by atoms with Crippen LogP contribution in [0, 0.1) is 5.92 Å². The molecule has 1 atom stereocenters. The summed E-state index contributed by atoms with van der Waals surface area (Å²) in [5, 5.41) is -0.0338. The number of carbonyl (C=O) groups is 1. The van der Waals surface area contributed by atoms with Crippen molar-refractivity contribution < 1.29 is 18.0 Å². The van der Waals surface area contributed by atoms with Gasteiger partial charge in [0, 0.05) is 44.8 Å². The first kappa shape index (κ1) is 19.8. The average molecular weight is 379 g/mol. The van der Waals surface area contributed by atoms with Gasteiger partial charge in [-0.25, -0.2) is 4.98 Å². The Hall–Kier alpha value is -1.54. The maximum absolute atomic E-state index is 12.7. The Morgan fingerprint density at radius 1 is 1.48 bits per heavy atom. The van der Waals surface area contributed by atoms with Crippen LogP contribution in [-0.4, -0.2) is 48.5 Å². The SMILES string of the molecule is CC(CN)N(C)C(=O)C1CCN(c2ncc(C(F)(F)F)cc2Cl)CC1. The molecule has 25 heavy (non-hydrogen) atoms. The number of hydrogen-bond acceptors (Lipinski definition) is 4. The van der Waals surface area contributed by atoms with Crippen LogP contribution < -0.4 is 10.6 Å². The predicted molar refractivity (Wildman–Crippen MR) is 90.5 cm³/mol. The minimum absolute atomic E-state index is 0.0310. The lowest BCUT2D eigenvalue weighted by atomic mass is 9.95. The van der Waals surface area contributed by atoms with E-state index in [0.29, 0.717) is 38.3 Å². The molecule has 0 bridgehead atoms. The fraction of sp³-hybridized carbons (Fsp3) is 0.625. The van der Waals surface area contributed by atoms with Crippen LogP contribution in [0.2, 0.25) is 5.02 Å². The Morgan fingerprint density at radius 2 is 2.08 bits per heavy atom. The van der Waals surface area contributed by atoms with Crippen LogP contribution in [-0.2, 0) is 11.0 Å². The normalized spacial score (nSPS) is 17.5. The van der Waals surface area contributed by atoms with E-state index in [1.165, 1.54) is 0 Å². The van der Waals surface area contributed by atoms with Crippen LogP contribution >= 0.6 is 11.6 Å². The lowest BCUT2D eigenvalue weighted by molar-refractivity contribution is -0.138. The van der Waals surface area contributed by atoms with E-state index >= 15 is 0 Å². The Balaban J connectivity index is 2.02. The molecule has 1 aliphatic rings. The van der Waals surface area contributed by atoms with Crippen molar-refractivity contribution in [1.29, 1.82) is 0 Å². The quantitative estimate of drug-likeness (QED) is 0.875. The van der Waals surface area contributed by atoms with Gasteiger partial charge in [-0.2, -0.15) is 13.2 Å². The monoisotopic (exact) mass is 378 g/mol. The molecule has 0 spiro atoms. The molecule has 0 saturated carbocycles. The van der Waals surface area contributed by atoms with Gasteiger partial charge in [0.25, 0.3) is 0 Å². The third kappa shape index (κ3) is 4.55. The molecule has 9 heteroatoms. The van der Waals surface area contributed by atoms with E-state index in [9.17, 15) is 18.0 Å². The molecular weight excluding hydrogens is 357 g/mol. The highest BCUT2D eigenvalue weighted by atomic mass is 35.5. The van der Waals surface area contributed by atoms with E-state index in [1.54, 1.807) is 11.9 Å². The first-order valence-electron chi connectivity index (χ1n) is 8.09. The van der Waals surface area contributed by atoms with Gasteiger partial charge in [0.05, 0.1) is 10.6 Å². The molecular formula is C16H22ClF3N4O. The summed E-state index contributed by atoms with van der Waals surface area (Å²) in [6.45, 7) is 3.31. The fourth-order valence-corrected chi connectivity index (χ4v) is 3.11. The average Bonchev–Trinajstić information content (AvgIpc) is 2.59. The van der Waals surface area contributed by atoms with Crippen molar-refractivity contribution in [2.75, 3.05) is 31.6 Å². The maximum atomic E-state index is 12.7. The smallest absolute Gasteiger partial charge is 0.355 e. The number of likely N-dealkylation sites (N-methyl/N-ethyl adjacent to an activating group) is 1. The Labute approximate surface area is 149 Å². The standard InChI is InChI=1S/C16H22ClF3N4O/c1-10(8-21)23(2)15(25)11-3-5-24(6-4-11)14-13(17)7-12(9-22-14)16(18,19)20/h7,9-11H,3-6,8,21H2,1-2H3. The number of nitrogens with zero attached hydrogens (tertiary/aromatic N) is 3. The van der Waals surface area contributed by atoms with E-state index in [-0.39, 0.29) is 22.9 Å². The molecule has 140 valence electrons. The molecule has 5 nitrogen and oxygen atoms in total. The number of nitrogens with two attached hydrogens (primary N) is 1. The maximum Gasteiger partial charge on any atom is 0.417 e. The number of carbonyl (C=O) groups excluding carboxylic acids is 1. The zero-order valence-electron chi connectivity index (χ0n) is 14.2. The first-order valence-corrected chi connectivity index (χ1v) is 8.47. The second-order valence-electron chi connectivity index (χ2n) is 6.32. The van der Waals surface area contributed by atoms with E-state index in [2.05, 4.69) is 4.98 Å². The third-order valence-corrected chi connectivity index (χ3v) is 4.92. The summed E-state index contributed by atoms with van der Waals surface area (Å²) in [4.78, 5) is 19.8. The summed E-state index contributed by atoms with van der Waals surface area (Å²) in [7, 11) is 1.74. The fourth-order valence-electron chi connectivity index (χ4n) is 2.82. The van der Waals surface area contributed by atoms with Crippen molar-refractivity contribution >= 4 is 23.3 Å². The number of rotatable bonds is 4. The molecule has 1 aromatic heterocycles. The largest absolute Gasteiger partial charge is 0.417 e. The summed E-state index contributed by atoms with van der Waals surface area (Å²) in [5.74, 6) is 0.247. The summed E-state index contributed by atoms with van der Waals surface area (Å²) < 4.78 is 38.1. The van der Waals surface area contributed by atoms with Crippen molar-refractivity contribution in [2.24, 2.45) is 11.7 Å². The Bertz CT molecular complexity index is 618. The second kappa shape index (κ2) is 7.78. The highest BCUT2D eigenvalue weighted by Gasteiger charge is 2.33. The van der Waals surface area contributed by atoms with Gasteiger partial charge in [-0.05, 0) is 25.8 Å². The number of amides is 1. The molecule has 1 saturated heterocycles. The third-order valence-electron chi connectivity index (χ3n) is 4.64. The zero-order chi connectivity index (χ0) is 18.8. The van der Waals surface area contributed by atoms with Crippen molar-refractivity contribution in [3.63, 3.8) is 0 Å². The molecule has 1 aromatic rings. The molecule has 1 aliphatic heterocycles. The summed E-state index contributed by atoms with van der Waals surface area (Å²) in [6.07, 6.45) is -2.49. The minimum atomic E-state index is -4.47. The lowest BCUT2D eigenvalue weighted by Crippen LogP contribution is -2.46. The van der Waals surface area contributed by atoms with Crippen molar-refractivity contribution in [3.05, 3.63) is 22.8 Å². The zero-order valence-corrected chi connectivity index (χ0v) is 14.9. The molecule has 0 aliphatic carbocycles. The molecule has 2 rings (SSSR count). The highest BCUT2D eigenvalue weighted by molar-refractivity contribution is 6.33. The molecule has 1 amide bonds. The summed E-state index contributed by atoms with van der Waals surface area (Å²) in [5.41, 5.74) is 4.72. The van der Waals surface area contributed by atoms with Gasteiger partial charge in [0.1, 0.15) is 5.82 Å². The van der Waals surface area contributed by atoms with Crippen LogP contribution in [0.15, 0.2) is 12.3 Å². The number of alkyl halides is 3. The predicted octanol–water partition coefficient (Wildman–Crippen LogP) is 2.78. The van der Waals surface area contributed by atoms with E-state index in [0.717, 1.165) is 12.3 Å². The van der Waals surface area contributed by atoms with Crippen LogP contribution in [0.4, 0.5) is 19.0 Å². The lowest BCUT2D eigenvalue weighted by Gasteiger charge is -2.35. The van der Waals surface area contributed by atoms with Gasteiger partial charge >= 0.3 is 6.18 Å². The molecule has 2 heterocycles. The molecule has 2 N–H and O–H groups in total. The van der Waals surface area contributed by atoms with Gasteiger partial charge in [-0.1, -0.05) is 11.6 Å². The molecule has 0 aromatic carbocycles. The number of aromatic nitrogens is 1. The summed E-state index contributed by atoms with van der Waals surface area (Å²) >= 11 is 5.99. The first-order chi connectivity index (χ1) is 11.6.